The molecule has 0 aromatic heterocycles. The molecule has 182 valence electrons. The Hall–Kier alpha value is -1.64. The Kier molecular flexibility index (Phi) is 7.95. The van der Waals surface area contributed by atoms with Crippen LogP contribution in [-0.2, 0) is 10.5 Å². The van der Waals surface area contributed by atoms with Crippen LogP contribution in [0, 0.1) is 4.78 Å². The van der Waals surface area contributed by atoms with E-state index in [0.717, 1.165) is 0 Å². The minimum Gasteiger partial charge on any atom is -0.192 e. The van der Waals surface area contributed by atoms with E-state index in [1.807, 2.05) is 0 Å². The number of nitrogens with one attached hydrogen (secondary N) is 1. The molecular weight excluding hydrogens is 516 g/mol. The first-order valence-electron chi connectivity index (χ1n) is 5.69. The predicted molar refractivity (Wildman–Crippen MR) is 53.4 cm³/mol. The van der Waals surface area contributed by atoms with Crippen molar-refractivity contribution in [3.63, 3.8) is 0 Å². The van der Waals surface area contributed by atoms with Crippen LogP contribution < -0.4 is 0 Å². The zero-order valence-corrected chi connectivity index (χ0v) is 13.3. The van der Waals surface area contributed by atoms with E-state index in [9.17, 15) is 79.0 Å². The third-order valence-corrected chi connectivity index (χ3v) is 2.68. The van der Waals surface area contributed by atoms with Gasteiger partial charge < -0.3 is 0 Å². The van der Waals surface area contributed by atoms with Crippen molar-refractivity contribution < 1.29 is 87.4 Å². The normalized spacial score (nSPS) is 15.4. The molecule has 0 unspecified atom stereocenters. The van der Waals surface area contributed by atoms with Crippen molar-refractivity contribution in [1.29, 1.82) is 4.78 Å². The number of hydrogen-bond acceptors (Lipinski definition) is 3. The number of halogens is 18. The van der Waals surface area contributed by atoms with Crippen molar-refractivity contribution in [1.82, 2.24) is 0 Å². The summed E-state index contributed by atoms with van der Waals surface area (Å²) in [5.41, 5.74) is 0. The summed E-state index contributed by atoms with van der Waals surface area (Å²) in [5, 5.41) is 0. The minimum atomic E-state index is -8.72. The van der Waals surface area contributed by atoms with Crippen molar-refractivity contribution in [2.24, 2.45) is 0 Å². The van der Waals surface area contributed by atoms with Crippen LogP contribution in [0.15, 0.2) is 0 Å². The van der Waals surface area contributed by atoms with Crippen molar-refractivity contribution in [3.8, 4) is 0 Å². The maximum Gasteiger partial charge on any atom is 0.460 e. The van der Waals surface area contributed by atoms with Crippen molar-refractivity contribution in [2.75, 3.05) is 0 Å². The Bertz CT molecular complexity index is 660. The van der Waals surface area contributed by atoms with Gasteiger partial charge >= 0.3 is 58.4 Å². The molecule has 0 radical (unpaired) electrons. The van der Waals surface area contributed by atoms with Crippen LogP contribution in [0.3, 0.4) is 0 Å². The minimum absolute atomic E-state index is 2.61. The fraction of sp³-hybridized carbons (Fsp3) is 1.00. The zero-order chi connectivity index (χ0) is 25.6. The predicted octanol–water partition coefficient (Wildman–Crippen LogP) is 5.55. The summed E-state index contributed by atoms with van der Waals surface area (Å²) in [5.74, 6) is -51.0. The van der Waals surface area contributed by atoms with Gasteiger partial charge in [0.05, 0.1) is 0 Å². The summed E-state index contributed by atoms with van der Waals surface area (Å²) in [6.45, 7) is 0. The summed E-state index contributed by atoms with van der Waals surface area (Å²) >= 11 is 0. The molecule has 0 aromatic carbocycles. The lowest BCUT2D eigenvalue weighted by Crippen LogP contribution is -2.74. The molecule has 0 rings (SSSR count). The van der Waals surface area contributed by atoms with Gasteiger partial charge in [-0.15, -0.1) is 0 Å². The van der Waals surface area contributed by atoms with Gasteiger partial charge in [0.15, 0.2) is 0 Å². The van der Waals surface area contributed by atoms with Crippen LogP contribution >= 0.6 is 0 Å². The number of hydrogen-bond donors (Lipinski definition) is 1. The Morgan fingerprint density at radius 3 is 0.567 bits per heavy atom. The molecule has 1 N–H and O–H groups in total. The Labute approximate surface area is 152 Å². The molecular formula is C8HF18NO2S. The van der Waals surface area contributed by atoms with Crippen LogP contribution in [0.2, 0.25) is 0 Å². The first kappa shape index (κ1) is 30.6. The first-order valence-corrected chi connectivity index (χ1v) is 6.76. The third kappa shape index (κ3) is 4.50. The van der Waals surface area contributed by atoms with Gasteiger partial charge in [-0.05, 0) is 0 Å². The molecule has 0 saturated heterocycles. The monoisotopic (exact) mass is 517 g/mol. The highest BCUT2D eigenvalue weighted by Gasteiger charge is 2.95. The molecule has 0 spiro atoms. The van der Waals surface area contributed by atoms with Crippen LogP contribution in [0.1, 0.15) is 0 Å². The summed E-state index contributed by atoms with van der Waals surface area (Å²) in [6, 6.07) is 0. The number of rotatable bonds is 5. The SMILES string of the molecule is FC(F)(F)C(F)(F)C(F)(F)C(F)(F)C(F)(F)C(F)(F)C(F)(F)C(F)(F)F.N=S(=O)=O. The Balaban J connectivity index is 0. The van der Waals surface area contributed by atoms with Gasteiger partial charge in [-0.3, -0.25) is 0 Å². The molecule has 30 heavy (non-hydrogen) atoms. The van der Waals surface area contributed by atoms with Gasteiger partial charge in [0, 0.05) is 0 Å². The largest absolute Gasteiger partial charge is 0.460 e. The molecule has 0 saturated carbocycles. The van der Waals surface area contributed by atoms with Gasteiger partial charge in [-0.25, -0.2) is 0 Å². The molecule has 3 nitrogen and oxygen atoms in total. The van der Waals surface area contributed by atoms with Gasteiger partial charge in [0.25, 0.3) is 0 Å². The average Bonchev–Trinajstić information content (AvgIpc) is 2.42. The number of alkyl halides is 18. The maximum atomic E-state index is 12.8. The van der Waals surface area contributed by atoms with Gasteiger partial charge in [0.1, 0.15) is 0 Å². The van der Waals surface area contributed by atoms with Crippen molar-refractivity contribution in [3.05, 3.63) is 0 Å². The van der Waals surface area contributed by atoms with Crippen molar-refractivity contribution >= 4 is 10.5 Å². The standard InChI is InChI=1S/C8F18.HNO2S/c9-1(10,3(13,14)5(17,18)7(21,22)23)2(11,12)4(15,16)6(19,20)8(24,25)26;1-4(2)3/h;1H. The molecule has 22 heteroatoms. The quantitative estimate of drug-likeness (QED) is 0.487. The molecule has 0 amide bonds. The first-order chi connectivity index (χ1) is 12.5. The smallest absolute Gasteiger partial charge is 0.192 e. The molecule has 0 aliphatic carbocycles. The van der Waals surface area contributed by atoms with Crippen LogP contribution in [0.25, 0.3) is 0 Å². The van der Waals surface area contributed by atoms with Crippen molar-refractivity contribution in [2.45, 2.75) is 47.9 Å². The Morgan fingerprint density at radius 1 is 0.367 bits per heavy atom. The lowest BCUT2D eigenvalue weighted by Gasteiger charge is -2.41. The van der Waals surface area contributed by atoms with E-state index in [1.54, 1.807) is 0 Å². The van der Waals surface area contributed by atoms with Gasteiger partial charge in [0.2, 0.25) is 0 Å². The van der Waals surface area contributed by atoms with E-state index in [-0.39, 0.29) is 0 Å². The summed E-state index contributed by atoms with van der Waals surface area (Å²) < 4.78 is 243. The molecule has 0 aliphatic heterocycles. The highest BCUT2D eigenvalue weighted by molar-refractivity contribution is 7.60. The molecule has 0 bridgehead atoms. The second-order valence-electron chi connectivity index (χ2n) is 4.68. The topological polar surface area (TPSA) is 58.0 Å². The Morgan fingerprint density at radius 2 is 0.467 bits per heavy atom. The molecule has 0 heterocycles. The average molecular weight is 517 g/mol. The van der Waals surface area contributed by atoms with E-state index in [4.69, 9.17) is 13.2 Å². The highest BCUT2D eigenvalue weighted by atomic mass is 32.2. The molecule has 0 fully saturated rings. The lowest BCUT2D eigenvalue weighted by atomic mass is 9.91. The second kappa shape index (κ2) is 7.80. The van der Waals surface area contributed by atoms with E-state index in [1.165, 1.54) is 0 Å². The molecule has 0 aliphatic rings. The zero-order valence-electron chi connectivity index (χ0n) is 12.5. The molecule has 0 aromatic rings. The van der Waals surface area contributed by atoms with E-state index in [2.05, 4.69) is 0 Å². The van der Waals surface area contributed by atoms with Crippen LogP contribution in [0.5, 0.6) is 0 Å². The van der Waals surface area contributed by atoms with Gasteiger partial charge in [-0.2, -0.15) is 92.2 Å². The van der Waals surface area contributed by atoms with E-state index < -0.39 is 58.4 Å². The van der Waals surface area contributed by atoms with Crippen LogP contribution in [-0.4, -0.2) is 56.3 Å². The van der Waals surface area contributed by atoms with Gasteiger partial charge in [-0.1, -0.05) is 0 Å². The second-order valence-corrected chi connectivity index (χ2v) is 5.15. The lowest BCUT2D eigenvalue weighted by molar-refractivity contribution is -0.468. The highest BCUT2D eigenvalue weighted by Crippen LogP contribution is 2.63. The molecule has 0 atom stereocenters. The third-order valence-electron chi connectivity index (χ3n) is 2.68. The van der Waals surface area contributed by atoms with Crippen LogP contribution in [0.4, 0.5) is 79.0 Å². The van der Waals surface area contributed by atoms with E-state index >= 15 is 0 Å². The summed E-state index contributed by atoms with van der Waals surface area (Å²) in [4.78, 5) is 0. The van der Waals surface area contributed by atoms with E-state index in [0.29, 0.717) is 0 Å². The fourth-order valence-electron chi connectivity index (χ4n) is 1.14. The fourth-order valence-corrected chi connectivity index (χ4v) is 1.14. The maximum absolute atomic E-state index is 12.8. The summed E-state index contributed by atoms with van der Waals surface area (Å²) in [7, 11) is -2.61. The summed E-state index contributed by atoms with van der Waals surface area (Å²) in [6.07, 6.45) is -15.6.